The molecule has 0 fully saturated rings. The van der Waals surface area contributed by atoms with E-state index in [2.05, 4.69) is 19.2 Å². The first-order chi connectivity index (χ1) is 7.90. The van der Waals surface area contributed by atoms with Gasteiger partial charge in [-0.1, -0.05) is 26.8 Å². The van der Waals surface area contributed by atoms with Gasteiger partial charge in [0.2, 0.25) is 5.91 Å². The molecule has 0 saturated heterocycles. The second kappa shape index (κ2) is 5.71. The van der Waals surface area contributed by atoms with Gasteiger partial charge in [0.1, 0.15) is 5.75 Å². The van der Waals surface area contributed by atoms with E-state index in [-0.39, 0.29) is 17.6 Å². The van der Waals surface area contributed by atoms with Crippen LogP contribution in [0.2, 0.25) is 0 Å². The highest BCUT2D eigenvalue weighted by Gasteiger charge is 2.15. The van der Waals surface area contributed by atoms with E-state index < -0.39 is 0 Å². The van der Waals surface area contributed by atoms with Gasteiger partial charge in [-0.05, 0) is 37.0 Å². The van der Waals surface area contributed by atoms with Crippen molar-refractivity contribution in [2.24, 2.45) is 11.8 Å². The third-order valence-electron chi connectivity index (χ3n) is 2.68. The fourth-order valence-electron chi connectivity index (χ4n) is 1.82. The number of hydrogen-bond donors (Lipinski definition) is 2. The highest BCUT2D eigenvalue weighted by atomic mass is 16.3. The van der Waals surface area contributed by atoms with Gasteiger partial charge in [-0.3, -0.25) is 4.79 Å². The average molecular weight is 235 g/mol. The van der Waals surface area contributed by atoms with E-state index in [1.807, 2.05) is 19.9 Å². The maximum atomic E-state index is 11.9. The monoisotopic (exact) mass is 235 g/mol. The average Bonchev–Trinajstić information content (AvgIpc) is 2.22. The molecule has 94 valence electrons. The number of nitrogens with one attached hydrogen (secondary N) is 1. The van der Waals surface area contributed by atoms with E-state index >= 15 is 0 Å². The molecule has 0 radical (unpaired) electrons. The van der Waals surface area contributed by atoms with Crippen LogP contribution in [0.1, 0.15) is 32.8 Å². The normalized spacial score (nSPS) is 12.5. The smallest absolute Gasteiger partial charge is 0.227 e. The summed E-state index contributed by atoms with van der Waals surface area (Å²) in [4.78, 5) is 11.9. The van der Waals surface area contributed by atoms with Crippen LogP contribution in [0.3, 0.4) is 0 Å². The molecular formula is C14H21NO2. The van der Waals surface area contributed by atoms with Crippen molar-refractivity contribution >= 4 is 11.6 Å². The van der Waals surface area contributed by atoms with Crippen molar-refractivity contribution in [2.75, 3.05) is 5.32 Å². The van der Waals surface area contributed by atoms with Crippen molar-refractivity contribution in [1.29, 1.82) is 0 Å². The third-order valence-corrected chi connectivity index (χ3v) is 2.68. The number of anilines is 1. The van der Waals surface area contributed by atoms with E-state index in [9.17, 15) is 9.90 Å². The lowest BCUT2D eigenvalue weighted by Gasteiger charge is -2.15. The Hall–Kier alpha value is -1.51. The predicted molar refractivity (Wildman–Crippen MR) is 70.1 cm³/mol. The van der Waals surface area contributed by atoms with E-state index in [4.69, 9.17) is 0 Å². The summed E-state index contributed by atoms with van der Waals surface area (Å²) in [5.41, 5.74) is 1.50. The van der Waals surface area contributed by atoms with Gasteiger partial charge in [-0.15, -0.1) is 0 Å². The second-order valence-corrected chi connectivity index (χ2v) is 5.04. The van der Waals surface area contributed by atoms with E-state index in [1.165, 1.54) is 0 Å². The fraction of sp³-hybridized carbons (Fsp3) is 0.500. The number of carbonyl (C=O) groups excluding carboxylic acids is 1. The van der Waals surface area contributed by atoms with Gasteiger partial charge in [0.05, 0.1) is 5.69 Å². The molecule has 1 aromatic carbocycles. The summed E-state index contributed by atoms with van der Waals surface area (Å²) in [5, 5.41) is 12.4. The van der Waals surface area contributed by atoms with Crippen molar-refractivity contribution in [2.45, 2.75) is 34.1 Å². The summed E-state index contributed by atoms with van der Waals surface area (Å²) >= 11 is 0. The SMILES string of the molecule is Cc1ccc(O)c(NC(=O)C(C)CC(C)C)c1. The van der Waals surface area contributed by atoms with Crippen LogP contribution in [0.25, 0.3) is 0 Å². The molecule has 2 N–H and O–H groups in total. The number of hydrogen-bond acceptors (Lipinski definition) is 2. The van der Waals surface area contributed by atoms with Crippen LogP contribution in [0.4, 0.5) is 5.69 Å². The van der Waals surface area contributed by atoms with E-state index in [1.54, 1.807) is 12.1 Å². The van der Waals surface area contributed by atoms with Gasteiger partial charge in [0.15, 0.2) is 0 Å². The number of benzene rings is 1. The summed E-state index contributed by atoms with van der Waals surface area (Å²) in [6.07, 6.45) is 0.846. The number of carbonyl (C=O) groups is 1. The molecule has 17 heavy (non-hydrogen) atoms. The molecule has 0 spiro atoms. The molecule has 0 aliphatic heterocycles. The molecule has 3 heteroatoms. The van der Waals surface area contributed by atoms with Crippen LogP contribution in [0.15, 0.2) is 18.2 Å². The van der Waals surface area contributed by atoms with Gasteiger partial charge in [-0.2, -0.15) is 0 Å². The zero-order chi connectivity index (χ0) is 13.0. The van der Waals surface area contributed by atoms with Crippen LogP contribution in [-0.4, -0.2) is 11.0 Å². The highest BCUT2D eigenvalue weighted by molar-refractivity contribution is 5.93. The van der Waals surface area contributed by atoms with E-state index in [0.717, 1.165) is 12.0 Å². The zero-order valence-corrected chi connectivity index (χ0v) is 10.9. The predicted octanol–water partition coefficient (Wildman–Crippen LogP) is 3.32. The molecule has 0 heterocycles. The minimum absolute atomic E-state index is 0.0420. The molecule has 1 unspecified atom stereocenters. The Morgan fingerprint density at radius 2 is 2.00 bits per heavy atom. The molecule has 1 rings (SSSR count). The van der Waals surface area contributed by atoms with E-state index in [0.29, 0.717) is 11.6 Å². The first-order valence-corrected chi connectivity index (χ1v) is 6.00. The third kappa shape index (κ3) is 4.10. The number of phenols is 1. The first kappa shape index (κ1) is 13.6. The number of phenolic OH excluding ortho intramolecular Hbond substituents is 1. The Morgan fingerprint density at radius 1 is 1.35 bits per heavy atom. The molecule has 0 aromatic heterocycles. The molecule has 1 aromatic rings. The lowest BCUT2D eigenvalue weighted by Crippen LogP contribution is -2.21. The number of rotatable bonds is 4. The Kier molecular flexibility index (Phi) is 4.55. The molecular weight excluding hydrogens is 214 g/mol. The topological polar surface area (TPSA) is 49.3 Å². The van der Waals surface area contributed by atoms with Gasteiger partial charge < -0.3 is 10.4 Å². The Morgan fingerprint density at radius 3 is 2.59 bits per heavy atom. The number of aromatic hydroxyl groups is 1. The fourth-order valence-corrected chi connectivity index (χ4v) is 1.82. The van der Waals surface area contributed by atoms with Gasteiger partial charge >= 0.3 is 0 Å². The van der Waals surface area contributed by atoms with Gasteiger partial charge in [0.25, 0.3) is 0 Å². The van der Waals surface area contributed by atoms with Crippen LogP contribution in [0, 0.1) is 18.8 Å². The summed E-state index contributed by atoms with van der Waals surface area (Å²) in [6.45, 7) is 8.01. The molecule has 0 bridgehead atoms. The van der Waals surface area contributed by atoms with Crippen molar-refractivity contribution < 1.29 is 9.90 Å². The minimum Gasteiger partial charge on any atom is -0.506 e. The Balaban J connectivity index is 2.70. The number of aryl methyl sites for hydroxylation is 1. The Labute approximate surface area is 103 Å². The van der Waals surface area contributed by atoms with Crippen molar-refractivity contribution in [3.63, 3.8) is 0 Å². The lowest BCUT2D eigenvalue weighted by molar-refractivity contribution is -0.119. The summed E-state index contributed by atoms with van der Waals surface area (Å²) in [7, 11) is 0. The van der Waals surface area contributed by atoms with Crippen LogP contribution < -0.4 is 5.32 Å². The highest BCUT2D eigenvalue weighted by Crippen LogP contribution is 2.25. The summed E-state index contributed by atoms with van der Waals surface area (Å²) in [6, 6.07) is 5.18. The molecule has 0 aliphatic carbocycles. The van der Waals surface area contributed by atoms with Crippen molar-refractivity contribution in [3.05, 3.63) is 23.8 Å². The maximum absolute atomic E-state index is 11.9. The van der Waals surface area contributed by atoms with Crippen LogP contribution in [0.5, 0.6) is 5.75 Å². The first-order valence-electron chi connectivity index (χ1n) is 6.00. The number of amides is 1. The molecule has 1 atom stereocenters. The molecule has 0 aliphatic rings. The molecule has 1 amide bonds. The van der Waals surface area contributed by atoms with Crippen LogP contribution in [-0.2, 0) is 4.79 Å². The minimum atomic E-state index is -0.0464. The zero-order valence-electron chi connectivity index (χ0n) is 10.9. The van der Waals surface area contributed by atoms with Gasteiger partial charge in [0, 0.05) is 5.92 Å². The largest absolute Gasteiger partial charge is 0.506 e. The quantitative estimate of drug-likeness (QED) is 0.786. The van der Waals surface area contributed by atoms with Crippen LogP contribution >= 0.6 is 0 Å². The van der Waals surface area contributed by atoms with Crippen molar-refractivity contribution in [1.82, 2.24) is 0 Å². The van der Waals surface area contributed by atoms with Gasteiger partial charge in [-0.25, -0.2) is 0 Å². The lowest BCUT2D eigenvalue weighted by atomic mass is 9.98. The van der Waals surface area contributed by atoms with Crippen molar-refractivity contribution in [3.8, 4) is 5.75 Å². The molecule has 3 nitrogen and oxygen atoms in total. The Bertz CT molecular complexity index is 399. The summed E-state index contributed by atoms with van der Waals surface area (Å²) < 4.78 is 0. The molecule has 0 saturated carbocycles. The standard InChI is InChI=1S/C14H21NO2/c1-9(2)7-11(4)14(17)15-12-8-10(3)5-6-13(12)16/h5-6,8-9,11,16H,7H2,1-4H3,(H,15,17). The summed E-state index contributed by atoms with van der Waals surface area (Å²) in [5.74, 6) is 0.511. The maximum Gasteiger partial charge on any atom is 0.227 e. The second-order valence-electron chi connectivity index (χ2n) is 5.04.